The summed E-state index contributed by atoms with van der Waals surface area (Å²) in [5.74, 6) is -0.655. The number of nitrogens with one attached hydrogen (secondary N) is 1. The van der Waals surface area contributed by atoms with Crippen molar-refractivity contribution in [2.24, 2.45) is 5.73 Å². The molecule has 2 rings (SSSR count). The summed E-state index contributed by atoms with van der Waals surface area (Å²) in [4.78, 5) is 12.1. The number of benzene rings is 2. The number of thiocarbonyl (C=S) groups is 1. The molecule has 0 spiro atoms. The number of nitrogens with two attached hydrogens (primary N) is 1. The van der Waals surface area contributed by atoms with Gasteiger partial charge in [-0.2, -0.15) is 0 Å². The first-order chi connectivity index (χ1) is 9.95. The molecule has 0 saturated carbocycles. The summed E-state index contributed by atoms with van der Waals surface area (Å²) in [6, 6.07) is 11.6. The Kier molecular flexibility index (Phi) is 4.65. The van der Waals surface area contributed by atoms with Crippen LogP contribution in [0.4, 0.5) is 10.1 Å². The Bertz CT molecular complexity index is 683. The Hall–Kier alpha value is -2.27. The van der Waals surface area contributed by atoms with Crippen LogP contribution in [0.3, 0.4) is 0 Å². The maximum absolute atomic E-state index is 13.2. The first-order valence-corrected chi connectivity index (χ1v) is 6.81. The highest BCUT2D eigenvalue weighted by Gasteiger charge is 2.10. The molecular formula is C16H15FN2OS. The molecule has 5 heteroatoms. The Labute approximate surface area is 128 Å². The van der Waals surface area contributed by atoms with Crippen LogP contribution < -0.4 is 11.1 Å². The van der Waals surface area contributed by atoms with Crippen LogP contribution in [-0.2, 0) is 11.2 Å². The van der Waals surface area contributed by atoms with Gasteiger partial charge in [-0.15, -0.1) is 0 Å². The van der Waals surface area contributed by atoms with Crippen molar-refractivity contribution in [2.45, 2.75) is 13.3 Å². The molecule has 2 aromatic carbocycles. The minimum atomic E-state index is -0.450. The third kappa shape index (κ3) is 4.10. The molecule has 21 heavy (non-hydrogen) atoms. The van der Waals surface area contributed by atoms with Crippen LogP contribution in [0.1, 0.15) is 16.7 Å². The maximum atomic E-state index is 13.2. The van der Waals surface area contributed by atoms with E-state index in [0.717, 1.165) is 11.1 Å². The second kappa shape index (κ2) is 6.45. The minimum absolute atomic E-state index is 0.0418. The number of carbonyl (C=O) groups excluding carboxylic acids is 1. The number of anilines is 1. The lowest BCUT2D eigenvalue weighted by atomic mass is 10.1. The highest BCUT2D eigenvalue weighted by molar-refractivity contribution is 7.80. The van der Waals surface area contributed by atoms with Crippen molar-refractivity contribution in [1.82, 2.24) is 0 Å². The summed E-state index contributed by atoms with van der Waals surface area (Å²) >= 11 is 4.87. The fraction of sp³-hybridized carbons (Fsp3) is 0.125. The van der Waals surface area contributed by atoms with E-state index in [1.54, 1.807) is 0 Å². The van der Waals surface area contributed by atoms with Crippen LogP contribution in [0.5, 0.6) is 0 Å². The summed E-state index contributed by atoms with van der Waals surface area (Å²) in [5.41, 5.74) is 8.31. The molecule has 0 atom stereocenters. The van der Waals surface area contributed by atoms with Crippen molar-refractivity contribution in [3.63, 3.8) is 0 Å². The zero-order valence-corrected chi connectivity index (χ0v) is 12.3. The Morgan fingerprint density at radius 2 is 1.90 bits per heavy atom. The molecule has 0 fully saturated rings. The van der Waals surface area contributed by atoms with E-state index >= 15 is 0 Å². The Balaban J connectivity index is 2.12. The van der Waals surface area contributed by atoms with Gasteiger partial charge in [0.1, 0.15) is 10.8 Å². The smallest absolute Gasteiger partial charge is 0.228 e. The lowest BCUT2D eigenvalue weighted by Gasteiger charge is -2.10. The quantitative estimate of drug-likeness (QED) is 0.854. The second-order valence-electron chi connectivity index (χ2n) is 4.76. The van der Waals surface area contributed by atoms with Gasteiger partial charge >= 0.3 is 0 Å². The van der Waals surface area contributed by atoms with Crippen LogP contribution in [0.2, 0.25) is 0 Å². The highest BCUT2D eigenvalue weighted by atomic mass is 32.1. The van der Waals surface area contributed by atoms with Gasteiger partial charge in [0, 0.05) is 5.56 Å². The van der Waals surface area contributed by atoms with E-state index in [2.05, 4.69) is 5.32 Å². The number of hydrogen-bond donors (Lipinski definition) is 2. The first kappa shape index (κ1) is 15.1. The zero-order valence-electron chi connectivity index (χ0n) is 11.5. The maximum Gasteiger partial charge on any atom is 0.228 e. The number of halogens is 1. The van der Waals surface area contributed by atoms with Gasteiger partial charge in [0.25, 0.3) is 0 Å². The molecule has 2 aromatic rings. The number of rotatable bonds is 4. The summed E-state index contributed by atoms with van der Waals surface area (Å²) in [6.07, 6.45) is 0.231. The minimum Gasteiger partial charge on any atom is -0.389 e. The number of aryl methyl sites for hydroxylation is 1. The topological polar surface area (TPSA) is 55.1 Å². The van der Waals surface area contributed by atoms with E-state index in [1.165, 1.54) is 18.2 Å². The predicted octanol–water partition coefficient (Wildman–Crippen LogP) is 2.95. The lowest BCUT2D eigenvalue weighted by molar-refractivity contribution is -0.115. The summed E-state index contributed by atoms with van der Waals surface area (Å²) in [6.45, 7) is 1.98. The molecule has 0 heterocycles. The van der Waals surface area contributed by atoms with E-state index in [1.807, 2.05) is 31.2 Å². The highest BCUT2D eigenvalue weighted by Crippen LogP contribution is 2.17. The fourth-order valence-corrected chi connectivity index (χ4v) is 2.08. The normalized spacial score (nSPS) is 10.2. The molecule has 3 N–H and O–H groups in total. The molecule has 0 bridgehead atoms. The zero-order chi connectivity index (χ0) is 15.4. The second-order valence-corrected chi connectivity index (χ2v) is 5.20. The molecule has 0 aliphatic heterocycles. The molecule has 0 aliphatic rings. The standard InChI is InChI=1S/C16H15FN2OS/c1-10-2-4-11(5-3-10)8-15(20)19-14-7-6-12(17)9-13(14)16(18)21/h2-7,9H,8H2,1H3,(H2,18,21)(H,19,20). The SMILES string of the molecule is Cc1ccc(CC(=O)Nc2ccc(F)cc2C(N)=S)cc1. The molecule has 108 valence electrons. The van der Waals surface area contributed by atoms with Gasteiger partial charge in [-0.05, 0) is 30.7 Å². The predicted molar refractivity (Wildman–Crippen MR) is 85.8 cm³/mol. The van der Waals surface area contributed by atoms with Crippen molar-refractivity contribution < 1.29 is 9.18 Å². The van der Waals surface area contributed by atoms with E-state index in [0.29, 0.717) is 11.3 Å². The largest absolute Gasteiger partial charge is 0.389 e. The van der Waals surface area contributed by atoms with E-state index in [9.17, 15) is 9.18 Å². The Morgan fingerprint density at radius 1 is 1.24 bits per heavy atom. The Morgan fingerprint density at radius 3 is 2.52 bits per heavy atom. The summed E-state index contributed by atoms with van der Waals surface area (Å²) in [5, 5.41) is 2.71. The van der Waals surface area contributed by atoms with Gasteiger partial charge in [0.05, 0.1) is 12.1 Å². The van der Waals surface area contributed by atoms with Gasteiger partial charge < -0.3 is 11.1 Å². The number of amides is 1. The van der Waals surface area contributed by atoms with Crippen molar-refractivity contribution in [3.8, 4) is 0 Å². The lowest BCUT2D eigenvalue weighted by Crippen LogP contribution is -2.19. The molecule has 0 unspecified atom stereocenters. The number of hydrogen-bond acceptors (Lipinski definition) is 2. The van der Waals surface area contributed by atoms with Crippen molar-refractivity contribution in [2.75, 3.05) is 5.32 Å². The van der Waals surface area contributed by atoms with Crippen molar-refractivity contribution in [3.05, 3.63) is 65.0 Å². The summed E-state index contributed by atoms with van der Waals surface area (Å²) < 4.78 is 13.2. The number of carbonyl (C=O) groups is 1. The average Bonchev–Trinajstić information content (AvgIpc) is 2.43. The van der Waals surface area contributed by atoms with Crippen LogP contribution in [-0.4, -0.2) is 10.9 Å². The van der Waals surface area contributed by atoms with Gasteiger partial charge in [-0.3, -0.25) is 4.79 Å². The van der Waals surface area contributed by atoms with Crippen molar-refractivity contribution in [1.29, 1.82) is 0 Å². The molecule has 0 radical (unpaired) electrons. The molecule has 0 aliphatic carbocycles. The fourth-order valence-electron chi connectivity index (χ4n) is 1.92. The third-order valence-electron chi connectivity index (χ3n) is 3.01. The van der Waals surface area contributed by atoms with E-state index < -0.39 is 5.82 Å². The first-order valence-electron chi connectivity index (χ1n) is 6.40. The van der Waals surface area contributed by atoms with Crippen LogP contribution >= 0.6 is 12.2 Å². The van der Waals surface area contributed by atoms with Gasteiger partial charge in [-0.25, -0.2) is 4.39 Å². The molecule has 0 saturated heterocycles. The molecule has 0 aromatic heterocycles. The average molecular weight is 302 g/mol. The molecular weight excluding hydrogens is 287 g/mol. The van der Waals surface area contributed by atoms with Crippen LogP contribution in [0, 0.1) is 12.7 Å². The third-order valence-corrected chi connectivity index (χ3v) is 3.23. The monoisotopic (exact) mass is 302 g/mol. The van der Waals surface area contributed by atoms with E-state index in [4.69, 9.17) is 18.0 Å². The van der Waals surface area contributed by atoms with Crippen molar-refractivity contribution >= 4 is 28.8 Å². The van der Waals surface area contributed by atoms with Gasteiger partial charge in [0.2, 0.25) is 5.91 Å². The molecule has 3 nitrogen and oxygen atoms in total. The van der Waals surface area contributed by atoms with E-state index in [-0.39, 0.29) is 17.3 Å². The van der Waals surface area contributed by atoms with Gasteiger partial charge in [0.15, 0.2) is 0 Å². The van der Waals surface area contributed by atoms with Gasteiger partial charge in [-0.1, -0.05) is 42.0 Å². The van der Waals surface area contributed by atoms with Crippen LogP contribution in [0.15, 0.2) is 42.5 Å². The summed E-state index contributed by atoms with van der Waals surface area (Å²) in [7, 11) is 0. The molecule has 1 amide bonds. The van der Waals surface area contributed by atoms with Crippen LogP contribution in [0.25, 0.3) is 0 Å².